The van der Waals surface area contributed by atoms with E-state index in [0.717, 1.165) is 32.1 Å². The van der Waals surface area contributed by atoms with Crippen molar-refractivity contribution in [3.8, 4) is 5.75 Å². The van der Waals surface area contributed by atoms with Gasteiger partial charge in [-0.15, -0.1) is 0 Å². The Morgan fingerprint density at radius 2 is 1.82 bits per heavy atom. The van der Waals surface area contributed by atoms with Gasteiger partial charge in [-0.2, -0.15) is 0 Å². The van der Waals surface area contributed by atoms with Gasteiger partial charge in [-0.1, -0.05) is 19.9 Å². The minimum atomic E-state index is -0.504. The van der Waals surface area contributed by atoms with Crippen LogP contribution in [0.5, 0.6) is 5.75 Å². The molecule has 2 amide bonds. The summed E-state index contributed by atoms with van der Waals surface area (Å²) in [6.07, 6.45) is 0.925. The van der Waals surface area contributed by atoms with Crippen LogP contribution in [0.1, 0.15) is 41.0 Å². The fraction of sp³-hybridized carbons (Fsp3) is 0.348. The van der Waals surface area contributed by atoms with E-state index in [1.54, 1.807) is 6.07 Å². The molecule has 4 N–H and O–H groups in total. The molecule has 0 aliphatic rings. The topological polar surface area (TPSA) is 94.7 Å². The molecule has 0 aliphatic heterocycles. The zero-order chi connectivity index (χ0) is 24.2. The van der Waals surface area contributed by atoms with Crippen LogP contribution in [0.2, 0.25) is 0 Å². The van der Waals surface area contributed by atoms with Crippen molar-refractivity contribution >= 4 is 34.8 Å². The van der Waals surface area contributed by atoms with Crippen LogP contribution in [-0.2, 0) is 0 Å². The summed E-state index contributed by atoms with van der Waals surface area (Å²) in [6.45, 7) is 7.90. The molecule has 0 fully saturated rings. The van der Waals surface area contributed by atoms with Crippen molar-refractivity contribution in [3.63, 3.8) is 0 Å². The molecule has 2 aromatic rings. The van der Waals surface area contributed by atoms with E-state index in [0.29, 0.717) is 17.3 Å². The molecule has 2 rings (SSSR count). The Bertz CT molecular complexity index is 969. The summed E-state index contributed by atoms with van der Waals surface area (Å²) in [6, 6.07) is 9.93. The highest BCUT2D eigenvalue weighted by molar-refractivity contribution is 7.80. The number of methoxy groups -OCH3 is 1. The van der Waals surface area contributed by atoms with E-state index >= 15 is 0 Å². The van der Waals surface area contributed by atoms with Crippen molar-refractivity contribution in [2.45, 2.75) is 20.3 Å². The first-order chi connectivity index (χ1) is 15.9. The van der Waals surface area contributed by atoms with Gasteiger partial charge < -0.3 is 20.3 Å². The predicted octanol–water partition coefficient (Wildman–Crippen LogP) is 2.93. The molecule has 8 nitrogen and oxygen atoms in total. The molecule has 0 saturated heterocycles. The van der Waals surface area contributed by atoms with Crippen LogP contribution in [-0.4, -0.2) is 55.1 Å². The minimum absolute atomic E-state index is 0.179. The summed E-state index contributed by atoms with van der Waals surface area (Å²) < 4.78 is 18.6. The number of hydrogen-bond donors (Lipinski definition) is 4. The van der Waals surface area contributed by atoms with Crippen molar-refractivity contribution in [1.82, 2.24) is 21.1 Å². The maximum Gasteiger partial charge on any atom is 0.273 e. The number of rotatable bonds is 10. The van der Waals surface area contributed by atoms with Gasteiger partial charge in [0.1, 0.15) is 11.6 Å². The number of carbonyl (C=O) groups excluding carboxylic acids is 2. The first kappa shape index (κ1) is 26.0. The third-order valence-corrected chi connectivity index (χ3v) is 5.16. The van der Waals surface area contributed by atoms with Crippen molar-refractivity contribution in [2.24, 2.45) is 0 Å². The number of benzene rings is 2. The molecule has 0 atom stereocenters. The van der Waals surface area contributed by atoms with Crippen molar-refractivity contribution < 1.29 is 18.7 Å². The lowest BCUT2D eigenvalue weighted by molar-refractivity contribution is 0.0940. The van der Waals surface area contributed by atoms with E-state index in [4.69, 9.17) is 17.0 Å². The highest BCUT2D eigenvalue weighted by atomic mass is 32.1. The molecular weight excluding hydrogens is 445 g/mol. The zero-order valence-electron chi connectivity index (χ0n) is 19.0. The SMILES string of the molecule is CCN(CC)CCCNC(=S)NNC(=O)c1ccc(NC(=O)c2cccc(F)c2)cc1OC. The number of nitrogens with one attached hydrogen (secondary N) is 4. The number of halogens is 1. The number of anilines is 1. The number of nitrogens with zero attached hydrogens (tertiary/aromatic N) is 1. The fourth-order valence-electron chi connectivity index (χ4n) is 3.06. The lowest BCUT2D eigenvalue weighted by atomic mass is 10.1. The van der Waals surface area contributed by atoms with E-state index in [9.17, 15) is 14.0 Å². The molecule has 0 spiro atoms. The van der Waals surface area contributed by atoms with E-state index < -0.39 is 17.6 Å². The van der Waals surface area contributed by atoms with Gasteiger partial charge in [0.2, 0.25) is 0 Å². The summed E-state index contributed by atoms with van der Waals surface area (Å²) in [4.78, 5) is 27.2. The highest BCUT2D eigenvalue weighted by Gasteiger charge is 2.15. The van der Waals surface area contributed by atoms with Crippen LogP contribution in [0.4, 0.5) is 10.1 Å². The summed E-state index contributed by atoms with van der Waals surface area (Å²) in [7, 11) is 1.42. The second kappa shape index (κ2) is 13.3. The van der Waals surface area contributed by atoms with Gasteiger partial charge in [0.25, 0.3) is 11.8 Å². The first-order valence-corrected chi connectivity index (χ1v) is 11.1. The molecule has 0 heterocycles. The highest BCUT2D eigenvalue weighted by Crippen LogP contribution is 2.23. The molecule has 0 bridgehead atoms. The summed E-state index contributed by atoms with van der Waals surface area (Å²) in [5.41, 5.74) is 6.02. The molecule has 0 aliphatic carbocycles. The number of thiocarbonyl (C=S) groups is 1. The molecule has 33 heavy (non-hydrogen) atoms. The van der Waals surface area contributed by atoms with Gasteiger partial charge in [-0.3, -0.25) is 20.4 Å². The number of ether oxygens (including phenoxy) is 1. The first-order valence-electron chi connectivity index (χ1n) is 10.7. The van der Waals surface area contributed by atoms with E-state index in [1.165, 1.54) is 37.4 Å². The number of amides is 2. The Balaban J connectivity index is 1.88. The normalized spacial score (nSPS) is 10.5. The molecule has 0 aromatic heterocycles. The fourth-order valence-corrected chi connectivity index (χ4v) is 3.21. The number of carbonyl (C=O) groups is 2. The van der Waals surface area contributed by atoms with Gasteiger partial charge >= 0.3 is 0 Å². The van der Waals surface area contributed by atoms with Crippen LogP contribution in [0.3, 0.4) is 0 Å². The van der Waals surface area contributed by atoms with E-state index in [1.807, 2.05) is 0 Å². The van der Waals surface area contributed by atoms with Crippen molar-refractivity contribution in [2.75, 3.05) is 38.6 Å². The average Bonchev–Trinajstić information content (AvgIpc) is 2.82. The average molecular weight is 476 g/mol. The van der Waals surface area contributed by atoms with E-state index in [-0.39, 0.29) is 16.9 Å². The van der Waals surface area contributed by atoms with Crippen molar-refractivity contribution in [3.05, 3.63) is 59.4 Å². The van der Waals surface area contributed by atoms with Gasteiger partial charge in [0.15, 0.2) is 5.11 Å². The Morgan fingerprint density at radius 3 is 2.48 bits per heavy atom. The molecule has 2 aromatic carbocycles. The van der Waals surface area contributed by atoms with Crippen LogP contribution >= 0.6 is 12.2 Å². The maximum absolute atomic E-state index is 13.3. The van der Waals surface area contributed by atoms with Crippen LogP contribution in [0.15, 0.2) is 42.5 Å². The Morgan fingerprint density at radius 1 is 1.06 bits per heavy atom. The molecule has 0 unspecified atom stereocenters. The largest absolute Gasteiger partial charge is 0.496 e. The predicted molar refractivity (Wildman–Crippen MR) is 131 cm³/mol. The summed E-state index contributed by atoms with van der Waals surface area (Å²) in [5.74, 6) is -1.18. The lowest BCUT2D eigenvalue weighted by Gasteiger charge is -2.18. The second-order valence-corrected chi connectivity index (χ2v) is 7.50. The minimum Gasteiger partial charge on any atom is -0.496 e. The van der Waals surface area contributed by atoms with Crippen molar-refractivity contribution in [1.29, 1.82) is 0 Å². The zero-order valence-corrected chi connectivity index (χ0v) is 19.9. The van der Waals surface area contributed by atoms with Gasteiger partial charge in [-0.05, 0) is 68.6 Å². The smallest absolute Gasteiger partial charge is 0.273 e. The van der Waals surface area contributed by atoms with E-state index in [2.05, 4.69) is 40.2 Å². The number of hydrazine groups is 1. The van der Waals surface area contributed by atoms with Crippen LogP contribution < -0.4 is 26.2 Å². The second-order valence-electron chi connectivity index (χ2n) is 7.09. The quantitative estimate of drug-likeness (QED) is 0.238. The number of hydrogen-bond acceptors (Lipinski definition) is 5. The molecule has 178 valence electrons. The Kier molecular flexibility index (Phi) is 10.5. The summed E-state index contributed by atoms with van der Waals surface area (Å²) >= 11 is 5.19. The molecule has 10 heteroatoms. The Hall–Kier alpha value is -3.24. The maximum atomic E-state index is 13.3. The lowest BCUT2D eigenvalue weighted by Crippen LogP contribution is -2.47. The molecule has 0 saturated carbocycles. The standard InChI is InChI=1S/C23H30FN5O3S/c1-4-29(5-2)13-7-12-25-23(33)28-27-22(31)19-11-10-18(15-20(19)32-3)26-21(30)16-8-6-9-17(24)14-16/h6,8-11,14-15H,4-5,7,12-13H2,1-3H3,(H,26,30)(H,27,31)(H2,25,28,33). The summed E-state index contributed by atoms with van der Waals surface area (Å²) in [5, 5.41) is 6.01. The third-order valence-electron chi connectivity index (χ3n) is 4.91. The van der Waals surface area contributed by atoms with Gasteiger partial charge in [0.05, 0.1) is 12.7 Å². The molecule has 0 radical (unpaired) electrons. The molecular formula is C23H30FN5O3S. The van der Waals surface area contributed by atoms with Gasteiger partial charge in [-0.25, -0.2) is 4.39 Å². The van der Waals surface area contributed by atoms with Crippen LogP contribution in [0.25, 0.3) is 0 Å². The van der Waals surface area contributed by atoms with Crippen LogP contribution in [0, 0.1) is 5.82 Å². The Labute approximate surface area is 198 Å². The monoisotopic (exact) mass is 475 g/mol. The third kappa shape index (κ3) is 8.32. The van der Waals surface area contributed by atoms with Gasteiger partial charge in [0, 0.05) is 23.9 Å².